The smallest absolute Gasteiger partial charge is 0.329 e. The fraction of sp³-hybridized carbons (Fsp3) is 0.792. The van der Waals surface area contributed by atoms with E-state index in [2.05, 4.69) is 10.6 Å². The van der Waals surface area contributed by atoms with E-state index in [1.165, 1.54) is 20.8 Å². The van der Waals surface area contributed by atoms with E-state index in [-0.39, 0.29) is 24.3 Å². The molecule has 7 N–H and O–H groups in total. The molecular weight excluding hydrogens is 556 g/mol. The minimum absolute atomic E-state index is 0.0131. The summed E-state index contributed by atoms with van der Waals surface area (Å²) in [7, 11) is 0. The lowest BCUT2D eigenvalue weighted by molar-refractivity contribution is -0.269. The number of carboxylic acid groups (broad SMARTS) is 2. The molecule has 17 nitrogen and oxygen atoms in total. The van der Waals surface area contributed by atoms with Crippen molar-refractivity contribution in [3.63, 3.8) is 0 Å². The Kier molecular flexibility index (Phi) is 15.1. The normalized spacial score (nSPS) is 33.0. The van der Waals surface area contributed by atoms with Crippen molar-refractivity contribution in [2.75, 3.05) is 26.4 Å². The number of esters is 1. The van der Waals surface area contributed by atoms with Gasteiger partial charge >= 0.3 is 17.9 Å². The predicted molar refractivity (Wildman–Crippen MR) is 134 cm³/mol. The Hall–Kier alpha value is -2.93. The van der Waals surface area contributed by atoms with Gasteiger partial charge in [-0.15, -0.1) is 0 Å². The van der Waals surface area contributed by atoms with Crippen molar-refractivity contribution in [2.24, 2.45) is 11.8 Å². The van der Waals surface area contributed by atoms with Gasteiger partial charge in [-0.1, -0.05) is 13.8 Å². The monoisotopic (exact) mass is 596 g/mol. The van der Waals surface area contributed by atoms with Crippen LogP contribution >= 0.6 is 0 Å². The molecular formula is C24H40N2O15. The number of amides is 2. The van der Waals surface area contributed by atoms with Crippen LogP contribution in [0.1, 0.15) is 34.6 Å². The number of ether oxygens (including phenoxy) is 5. The zero-order valence-electron chi connectivity index (χ0n) is 23.4. The molecule has 0 saturated carbocycles. The topological polar surface area (TPSA) is 257 Å². The van der Waals surface area contributed by atoms with E-state index in [0.29, 0.717) is 0 Å². The first-order valence-corrected chi connectivity index (χ1v) is 12.7. The second-order valence-corrected chi connectivity index (χ2v) is 9.63. The summed E-state index contributed by atoms with van der Waals surface area (Å²) < 4.78 is 25.9. The van der Waals surface area contributed by atoms with Crippen LogP contribution in [0.15, 0.2) is 0 Å². The third kappa shape index (κ3) is 11.8. The summed E-state index contributed by atoms with van der Waals surface area (Å²) in [6.07, 6.45) is -6.62. The first kappa shape index (κ1) is 36.1. The van der Waals surface area contributed by atoms with Gasteiger partial charge in [0.15, 0.2) is 12.6 Å². The highest BCUT2D eigenvalue weighted by atomic mass is 16.7. The summed E-state index contributed by atoms with van der Waals surface area (Å²) in [5.74, 6) is -3.63. The second kappa shape index (κ2) is 17.1. The first-order valence-electron chi connectivity index (χ1n) is 12.7. The predicted octanol–water partition coefficient (Wildman–Crippen LogP) is -2.82. The van der Waals surface area contributed by atoms with Crippen LogP contribution in [0.25, 0.3) is 0 Å². The van der Waals surface area contributed by atoms with Crippen LogP contribution < -0.4 is 10.6 Å². The van der Waals surface area contributed by atoms with E-state index in [4.69, 9.17) is 39.0 Å². The highest BCUT2D eigenvalue weighted by molar-refractivity contribution is 5.73. The Morgan fingerprint density at radius 1 is 0.732 bits per heavy atom. The molecule has 17 heteroatoms. The number of rotatable bonds is 11. The summed E-state index contributed by atoms with van der Waals surface area (Å²) in [5, 5.41) is 50.8. The number of carbonyl (C=O) groups excluding carboxylic acids is 3. The van der Waals surface area contributed by atoms with Crippen LogP contribution in [0.2, 0.25) is 0 Å². The van der Waals surface area contributed by atoms with Crippen molar-refractivity contribution in [2.45, 2.75) is 83.7 Å². The summed E-state index contributed by atoms with van der Waals surface area (Å²) in [4.78, 5) is 54.4. The largest absolute Gasteiger partial charge is 0.480 e. The standard InChI is InChI=1S/C14H23NO7.C10H17NO8/c1-7-8(2)13(15-9(3)16)14(21-6-12(18)19)22-11(7)5-20-10(4)17;1-4(13)11-7-9(17)8(16)5(2-12)19-10(7)18-3-6(14)15/h7-8,11,13-14H,5-6H2,1-4H3,(H,15,16)(H,18,19);5,7-10,12,16-17H,2-3H2,1H3,(H,11,13)(H,14,15)/t7-,8-,11?,13?,14+;5?,7?,8-,9-,10-/m01/s1. The Morgan fingerprint density at radius 2 is 1.20 bits per heavy atom. The van der Waals surface area contributed by atoms with Crippen molar-refractivity contribution in [1.29, 1.82) is 0 Å². The molecule has 41 heavy (non-hydrogen) atoms. The van der Waals surface area contributed by atoms with Gasteiger partial charge in [0.05, 0.1) is 18.8 Å². The van der Waals surface area contributed by atoms with Crippen LogP contribution in [0.4, 0.5) is 0 Å². The van der Waals surface area contributed by atoms with E-state index in [1.807, 2.05) is 13.8 Å². The quantitative estimate of drug-likeness (QED) is 0.119. The average Bonchev–Trinajstić information content (AvgIpc) is 2.87. The molecule has 0 bridgehead atoms. The van der Waals surface area contributed by atoms with Crippen LogP contribution in [0.3, 0.4) is 0 Å². The lowest BCUT2D eigenvalue weighted by Gasteiger charge is -2.44. The van der Waals surface area contributed by atoms with Gasteiger partial charge in [0.2, 0.25) is 11.8 Å². The number of carboxylic acids is 2. The summed E-state index contributed by atoms with van der Waals surface area (Å²) in [6, 6.07) is -1.60. The lowest BCUT2D eigenvalue weighted by atomic mass is 9.82. The summed E-state index contributed by atoms with van der Waals surface area (Å²) >= 11 is 0. The zero-order chi connectivity index (χ0) is 31.4. The number of aliphatic hydroxyl groups excluding tert-OH is 3. The fourth-order valence-electron chi connectivity index (χ4n) is 4.18. The maximum atomic E-state index is 11.3. The molecule has 2 amide bonds. The molecule has 2 fully saturated rings. The Balaban J connectivity index is 0.000000414. The molecule has 2 saturated heterocycles. The van der Waals surface area contributed by atoms with E-state index in [1.54, 1.807) is 0 Å². The lowest BCUT2D eigenvalue weighted by Crippen LogP contribution is -2.64. The molecule has 236 valence electrons. The van der Waals surface area contributed by atoms with Gasteiger partial charge in [0, 0.05) is 20.8 Å². The molecule has 0 spiro atoms. The molecule has 0 aromatic carbocycles. The minimum atomic E-state index is -1.45. The SMILES string of the molecule is CC(=O)NC1[C@H](OCC(=O)O)OC(CO)[C@@H](O)[C@@H]1O.CC(=O)NC1[C@H](OCC(=O)O)OC(COC(C)=O)[C@@H](C)[C@@H]1C. The van der Waals surface area contributed by atoms with E-state index >= 15 is 0 Å². The molecule has 4 unspecified atom stereocenters. The zero-order valence-corrected chi connectivity index (χ0v) is 23.4. The van der Waals surface area contributed by atoms with Crippen LogP contribution in [0, 0.1) is 11.8 Å². The number of hydrogen-bond donors (Lipinski definition) is 7. The van der Waals surface area contributed by atoms with Crippen molar-refractivity contribution in [3.8, 4) is 0 Å². The van der Waals surface area contributed by atoms with Crippen LogP contribution in [0.5, 0.6) is 0 Å². The third-order valence-electron chi connectivity index (χ3n) is 6.40. The van der Waals surface area contributed by atoms with Crippen molar-refractivity contribution in [1.82, 2.24) is 10.6 Å². The van der Waals surface area contributed by atoms with Gasteiger partial charge < -0.3 is 59.9 Å². The van der Waals surface area contributed by atoms with Gasteiger partial charge in [0.1, 0.15) is 44.2 Å². The molecule has 2 heterocycles. The molecule has 10 atom stereocenters. The second-order valence-electron chi connectivity index (χ2n) is 9.63. The molecule has 0 aromatic heterocycles. The van der Waals surface area contributed by atoms with Gasteiger partial charge in [-0.25, -0.2) is 9.59 Å². The number of carbonyl (C=O) groups is 5. The Morgan fingerprint density at radius 3 is 1.63 bits per heavy atom. The molecule has 0 aromatic rings. The van der Waals surface area contributed by atoms with Crippen LogP contribution in [-0.4, -0.2) is 131 Å². The third-order valence-corrected chi connectivity index (χ3v) is 6.40. The first-order chi connectivity index (χ1) is 19.1. The van der Waals surface area contributed by atoms with Crippen molar-refractivity contribution in [3.05, 3.63) is 0 Å². The van der Waals surface area contributed by atoms with Gasteiger partial charge in [0.25, 0.3) is 0 Å². The van der Waals surface area contributed by atoms with E-state index in [0.717, 1.165) is 0 Å². The van der Waals surface area contributed by atoms with Gasteiger partial charge in [-0.2, -0.15) is 0 Å². The van der Waals surface area contributed by atoms with Gasteiger partial charge in [-0.3, -0.25) is 14.4 Å². The molecule has 2 aliphatic heterocycles. The van der Waals surface area contributed by atoms with Crippen LogP contribution in [-0.2, 0) is 47.7 Å². The summed E-state index contributed by atoms with van der Waals surface area (Å²) in [5.41, 5.74) is 0. The molecule has 0 aliphatic carbocycles. The highest BCUT2D eigenvalue weighted by Crippen LogP contribution is 2.31. The average molecular weight is 597 g/mol. The Bertz CT molecular complexity index is 900. The number of aliphatic carboxylic acids is 2. The summed E-state index contributed by atoms with van der Waals surface area (Å²) in [6.45, 7) is 5.91. The van der Waals surface area contributed by atoms with Gasteiger partial charge in [-0.05, 0) is 11.8 Å². The number of nitrogens with one attached hydrogen (secondary N) is 2. The minimum Gasteiger partial charge on any atom is -0.480 e. The number of hydrogen-bond acceptors (Lipinski definition) is 13. The molecule has 2 aliphatic rings. The van der Waals surface area contributed by atoms with Crippen molar-refractivity contribution >= 4 is 29.7 Å². The van der Waals surface area contributed by atoms with E-state index in [9.17, 15) is 34.2 Å². The molecule has 2 rings (SSSR count). The Labute approximate surface area is 236 Å². The maximum absolute atomic E-state index is 11.3. The maximum Gasteiger partial charge on any atom is 0.329 e. The highest BCUT2D eigenvalue weighted by Gasteiger charge is 2.46. The van der Waals surface area contributed by atoms with E-state index < -0.39 is 92.7 Å². The fourth-order valence-corrected chi connectivity index (χ4v) is 4.18. The number of aliphatic hydroxyl groups is 3. The molecule has 0 radical (unpaired) electrons. The van der Waals surface area contributed by atoms with Crippen molar-refractivity contribution < 1.29 is 73.2 Å².